The summed E-state index contributed by atoms with van der Waals surface area (Å²) < 4.78 is 10.5. The van der Waals surface area contributed by atoms with Crippen molar-refractivity contribution >= 4 is 17.6 Å². The summed E-state index contributed by atoms with van der Waals surface area (Å²) in [6.45, 7) is 2.34. The van der Waals surface area contributed by atoms with Crippen LogP contribution in [0.15, 0.2) is 24.3 Å². The Bertz CT molecular complexity index is 388. The van der Waals surface area contributed by atoms with E-state index in [9.17, 15) is 4.79 Å². The summed E-state index contributed by atoms with van der Waals surface area (Å²) in [7, 11) is 0. The van der Waals surface area contributed by atoms with Gasteiger partial charge in [0.05, 0.1) is 19.6 Å². The van der Waals surface area contributed by atoms with Crippen molar-refractivity contribution in [2.24, 2.45) is 0 Å². The molecule has 0 bridgehead atoms. The quantitative estimate of drug-likeness (QED) is 0.847. The summed E-state index contributed by atoms with van der Waals surface area (Å²) in [5.74, 6) is -0.215. The van der Waals surface area contributed by atoms with E-state index >= 15 is 0 Å². The molecule has 18 heavy (non-hydrogen) atoms. The number of hydrogen-bond acceptors (Lipinski definition) is 4. The molecule has 1 aliphatic heterocycles. The normalized spacial score (nSPS) is 19.5. The van der Waals surface area contributed by atoms with Crippen LogP contribution in [0.5, 0.6) is 0 Å². The van der Waals surface area contributed by atoms with Gasteiger partial charge < -0.3 is 14.8 Å². The highest BCUT2D eigenvalue weighted by Crippen LogP contribution is 2.11. The van der Waals surface area contributed by atoms with E-state index in [0.717, 1.165) is 12.1 Å². The van der Waals surface area contributed by atoms with Gasteiger partial charge in [0.2, 0.25) is 0 Å². The summed E-state index contributed by atoms with van der Waals surface area (Å²) in [5.41, 5.74) is 0.931. The minimum atomic E-state index is -0.215. The molecule has 1 atom stereocenters. The smallest absolute Gasteiger partial charge is 0.307 e. The maximum absolute atomic E-state index is 11.6. The number of carbonyl (C=O) groups excluding carboxylic acids is 1. The standard InChI is InChI=1S/C13H16ClNO3/c14-11-3-1-10(2-4-11)8-18-13(16)7-12-9-17-6-5-15-12/h1-4,12,15H,5-9H2. The van der Waals surface area contributed by atoms with Gasteiger partial charge in [0.15, 0.2) is 0 Å². The lowest BCUT2D eigenvalue weighted by atomic mass is 10.2. The molecule has 1 aromatic carbocycles. The van der Waals surface area contributed by atoms with Crippen molar-refractivity contribution in [1.29, 1.82) is 0 Å². The SMILES string of the molecule is O=C(CC1COCCN1)OCc1ccc(Cl)cc1. The summed E-state index contributed by atoms with van der Waals surface area (Å²) in [6.07, 6.45) is 0.341. The summed E-state index contributed by atoms with van der Waals surface area (Å²) in [6, 6.07) is 7.31. The number of nitrogens with one attached hydrogen (secondary N) is 1. The molecular formula is C13H16ClNO3. The van der Waals surface area contributed by atoms with Gasteiger partial charge in [-0.05, 0) is 17.7 Å². The van der Waals surface area contributed by atoms with Crippen molar-refractivity contribution in [2.75, 3.05) is 19.8 Å². The fraction of sp³-hybridized carbons (Fsp3) is 0.462. The lowest BCUT2D eigenvalue weighted by molar-refractivity contribution is -0.146. The largest absolute Gasteiger partial charge is 0.461 e. The molecule has 0 radical (unpaired) electrons. The van der Waals surface area contributed by atoms with E-state index in [2.05, 4.69) is 5.32 Å². The van der Waals surface area contributed by atoms with E-state index in [1.807, 2.05) is 12.1 Å². The number of halogens is 1. The molecule has 1 saturated heterocycles. The highest BCUT2D eigenvalue weighted by atomic mass is 35.5. The van der Waals surface area contributed by atoms with E-state index in [-0.39, 0.29) is 18.6 Å². The van der Waals surface area contributed by atoms with Crippen molar-refractivity contribution in [3.8, 4) is 0 Å². The van der Waals surface area contributed by atoms with E-state index in [4.69, 9.17) is 21.1 Å². The Labute approximate surface area is 111 Å². The molecule has 5 heteroatoms. The molecular weight excluding hydrogens is 254 g/mol. The number of esters is 1. The number of morpholine rings is 1. The molecule has 4 nitrogen and oxygen atoms in total. The average molecular weight is 270 g/mol. The van der Waals surface area contributed by atoms with Crippen LogP contribution < -0.4 is 5.32 Å². The first-order chi connectivity index (χ1) is 8.74. The summed E-state index contributed by atoms with van der Waals surface area (Å²) in [4.78, 5) is 11.6. The van der Waals surface area contributed by atoms with Crippen LogP contribution in [0.1, 0.15) is 12.0 Å². The zero-order chi connectivity index (χ0) is 12.8. The molecule has 0 aliphatic carbocycles. The van der Waals surface area contributed by atoms with Gasteiger partial charge in [-0.3, -0.25) is 4.79 Å². The third kappa shape index (κ3) is 4.29. The number of ether oxygens (including phenoxy) is 2. The summed E-state index contributed by atoms with van der Waals surface area (Å²) >= 11 is 5.77. The van der Waals surface area contributed by atoms with Gasteiger partial charge in [0.1, 0.15) is 6.61 Å². The molecule has 0 saturated carbocycles. The van der Waals surface area contributed by atoms with Crippen LogP contribution >= 0.6 is 11.6 Å². The Kier molecular flexibility index (Phi) is 4.99. The van der Waals surface area contributed by atoms with Crippen LogP contribution in [-0.2, 0) is 20.9 Å². The maximum Gasteiger partial charge on any atom is 0.307 e. The lowest BCUT2D eigenvalue weighted by Crippen LogP contribution is -2.42. The van der Waals surface area contributed by atoms with Gasteiger partial charge in [-0.15, -0.1) is 0 Å². The Hall–Kier alpha value is -1.10. The van der Waals surface area contributed by atoms with E-state index < -0.39 is 0 Å². The van der Waals surface area contributed by atoms with Crippen molar-refractivity contribution < 1.29 is 14.3 Å². The third-order valence-corrected chi connectivity index (χ3v) is 2.98. The monoisotopic (exact) mass is 269 g/mol. The van der Waals surface area contributed by atoms with Crippen LogP contribution in [0.2, 0.25) is 5.02 Å². The Morgan fingerprint density at radius 2 is 2.22 bits per heavy atom. The van der Waals surface area contributed by atoms with E-state index in [1.165, 1.54) is 0 Å². The minimum Gasteiger partial charge on any atom is -0.461 e. The minimum absolute atomic E-state index is 0.0662. The zero-order valence-corrected chi connectivity index (χ0v) is 10.8. The van der Waals surface area contributed by atoms with Crippen LogP contribution in [0, 0.1) is 0 Å². The highest BCUT2D eigenvalue weighted by Gasteiger charge is 2.17. The molecule has 0 aromatic heterocycles. The molecule has 0 spiro atoms. The van der Waals surface area contributed by atoms with Gasteiger partial charge >= 0.3 is 5.97 Å². The first-order valence-electron chi connectivity index (χ1n) is 5.95. The third-order valence-electron chi connectivity index (χ3n) is 2.72. The lowest BCUT2D eigenvalue weighted by Gasteiger charge is -2.22. The Balaban J connectivity index is 1.72. The molecule has 2 rings (SSSR count). The predicted octanol–water partition coefficient (Wildman–Crippen LogP) is 1.76. The first-order valence-corrected chi connectivity index (χ1v) is 6.33. The molecule has 1 aromatic rings. The molecule has 0 amide bonds. The first kappa shape index (κ1) is 13.3. The number of benzene rings is 1. The van der Waals surface area contributed by atoms with Gasteiger partial charge in [-0.1, -0.05) is 23.7 Å². The van der Waals surface area contributed by atoms with Crippen molar-refractivity contribution in [3.63, 3.8) is 0 Å². The molecule has 98 valence electrons. The highest BCUT2D eigenvalue weighted by molar-refractivity contribution is 6.30. The topological polar surface area (TPSA) is 47.6 Å². The second-order valence-electron chi connectivity index (χ2n) is 4.22. The number of rotatable bonds is 4. The van der Waals surface area contributed by atoms with E-state index in [1.54, 1.807) is 12.1 Å². The summed E-state index contributed by atoms with van der Waals surface area (Å²) in [5, 5.41) is 3.89. The van der Waals surface area contributed by atoms with Crippen molar-refractivity contribution in [3.05, 3.63) is 34.9 Å². The average Bonchev–Trinajstić information content (AvgIpc) is 2.39. The van der Waals surface area contributed by atoms with Crippen LogP contribution in [-0.4, -0.2) is 31.8 Å². The zero-order valence-electron chi connectivity index (χ0n) is 10.0. The van der Waals surface area contributed by atoms with Gasteiger partial charge in [-0.25, -0.2) is 0 Å². The molecule has 1 N–H and O–H groups in total. The van der Waals surface area contributed by atoms with E-state index in [0.29, 0.717) is 24.7 Å². The van der Waals surface area contributed by atoms with Gasteiger partial charge in [0.25, 0.3) is 0 Å². The second kappa shape index (κ2) is 6.73. The van der Waals surface area contributed by atoms with Crippen molar-refractivity contribution in [2.45, 2.75) is 19.1 Å². The van der Waals surface area contributed by atoms with Crippen molar-refractivity contribution in [1.82, 2.24) is 5.32 Å². The Morgan fingerprint density at radius 1 is 1.44 bits per heavy atom. The second-order valence-corrected chi connectivity index (χ2v) is 4.65. The van der Waals surface area contributed by atoms with Crippen LogP contribution in [0.3, 0.4) is 0 Å². The number of hydrogen-bond donors (Lipinski definition) is 1. The predicted molar refractivity (Wildman–Crippen MR) is 68.5 cm³/mol. The fourth-order valence-corrected chi connectivity index (χ4v) is 1.88. The molecule has 1 fully saturated rings. The fourth-order valence-electron chi connectivity index (χ4n) is 1.76. The molecule has 1 unspecified atom stereocenters. The number of carbonyl (C=O) groups is 1. The van der Waals surface area contributed by atoms with Crippen LogP contribution in [0.25, 0.3) is 0 Å². The molecule has 1 heterocycles. The maximum atomic E-state index is 11.6. The van der Waals surface area contributed by atoms with Gasteiger partial charge in [0, 0.05) is 17.6 Å². The molecule has 1 aliphatic rings. The van der Waals surface area contributed by atoms with Crippen LogP contribution in [0.4, 0.5) is 0 Å². The van der Waals surface area contributed by atoms with Gasteiger partial charge in [-0.2, -0.15) is 0 Å². The Morgan fingerprint density at radius 3 is 2.89 bits per heavy atom.